The summed E-state index contributed by atoms with van der Waals surface area (Å²) in [6.45, 7) is -0.140. The number of hydrogen-bond donors (Lipinski definition) is 14. The van der Waals surface area contributed by atoms with Crippen molar-refractivity contribution < 1.29 is 59.5 Å². The van der Waals surface area contributed by atoms with Gasteiger partial charge in [0.25, 0.3) is 5.91 Å². The number of amides is 1. The molecule has 4 fully saturated rings. The Morgan fingerprint density at radius 3 is 2.11 bits per heavy atom. The maximum atomic E-state index is 12.9. The maximum Gasteiger partial charge on any atom is 0.253 e. The van der Waals surface area contributed by atoms with E-state index in [0.29, 0.717) is 19.5 Å². The lowest BCUT2D eigenvalue weighted by atomic mass is 9.83. The Kier molecular flexibility index (Phi) is 11.9. The van der Waals surface area contributed by atoms with E-state index in [-0.39, 0.29) is 19.4 Å². The van der Waals surface area contributed by atoms with Gasteiger partial charge in [-0.25, -0.2) is 0 Å². The van der Waals surface area contributed by atoms with Crippen LogP contribution in [0.25, 0.3) is 0 Å². The van der Waals surface area contributed by atoms with Gasteiger partial charge in [0.1, 0.15) is 54.9 Å². The van der Waals surface area contributed by atoms with Gasteiger partial charge in [-0.15, -0.1) is 0 Å². The van der Waals surface area contributed by atoms with Crippen LogP contribution in [0.2, 0.25) is 0 Å². The van der Waals surface area contributed by atoms with E-state index in [4.69, 9.17) is 47.6 Å². The van der Waals surface area contributed by atoms with Crippen LogP contribution in [0, 0.1) is 0 Å². The molecule has 256 valence electrons. The van der Waals surface area contributed by atoms with Crippen molar-refractivity contribution in [2.45, 2.75) is 123 Å². The normalized spacial score (nSPS) is 49.5. The Morgan fingerprint density at radius 1 is 0.886 bits per heavy atom. The number of hydrogen-bond acceptors (Lipinski definition) is 18. The molecular formula is C25H49N7O12. The number of nitrogens with one attached hydrogen (secondary N) is 2. The van der Waals surface area contributed by atoms with Crippen LogP contribution in [0.5, 0.6) is 0 Å². The van der Waals surface area contributed by atoms with E-state index >= 15 is 0 Å². The predicted molar refractivity (Wildman–Crippen MR) is 149 cm³/mol. The first-order valence-electron chi connectivity index (χ1n) is 14.9. The van der Waals surface area contributed by atoms with Gasteiger partial charge in [-0.3, -0.25) is 4.79 Å². The molecule has 17 atom stereocenters. The predicted octanol–water partition coefficient (Wildman–Crippen LogP) is -8.73. The summed E-state index contributed by atoms with van der Waals surface area (Å²) in [6.07, 6.45) is -14.8. The molecule has 2 aliphatic carbocycles. The topological polar surface area (TPSA) is 350 Å². The Labute approximate surface area is 253 Å². The highest BCUT2D eigenvalue weighted by atomic mass is 16.7. The van der Waals surface area contributed by atoms with Gasteiger partial charge < -0.3 is 94.0 Å². The third-order valence-corrected chi connectivity index (χ3v) is 8.93. The first-order valence-corrected chi connectivity index (χ1v) is 14.9. The first-order chi connectivity index (χ1) is 20.8. The quantitative estimate of drug-likeness (QED) is 0.0881. The van der Waals surface area contributed by atoms with Gasteiger partial charge in [-0.2, -0.15) is 0 Å². The van der Waals surface area contributed by atoms with Gasteiger partial charge in [-0.1, -0.05) is 0 Å². The monoisotopic (exact) mass is 639 g/mol. The fourth-order valence-electron chi connectivity index (χ4n) is 5.94. The Bertz CT molecular complexity index is 959. The van der Waals surface area contributed by atoms with Crippen LogP contribution >= 0.6 is 0 Å². The van der Waals surface area contributed by atoms with Crippen molar-refractivity contribution in [1.29, 1.82) is 0 Å². The van der Waals surface area contributed by atoms with Crippen molar-refractivity contribution in [1.82, 2.24) is 10.6 Å². The van der Waals surface area contributed by atoms with Crippen LogP contribution in [-0.4, -0.2) is 171 Å². The van der Waals surface area contributed by atoms with Gasteiger partial charge in [0, 0.05) is 25.0 Å². The molecule has 2 heterocycles. The highest BCUT2D eigenvalue weighted by Gasteiger charge is 2.59. The number of carbonyl (C=O) groups excluding carboxylic acids is 1. The molecule has 1 amide bonds. The van der Waals surface area contributed by atoms with Crippen LogP contribution in [0.1, 0.15) is 19.3 Å². The van der Waals surface area contributed by atoms with Crippen LogP contribution in [0.4, 0.5) is 0 Å². The molecule has 0 spiro atoms. The molecule has 19 heteroatoms. The van der Waals surface area contributed by atoms with Crippen molar-refractivity contribution >= 4 is 5.91 Å². The van der Waals surface area contributed by atoms with Crippen LogP contribution in [0.3, 0.4) is 0 Å². The number of carbonyl (C=O) groups is 1. The third kappa shape index (κ3) is 7.19. The van der Waals surface area contributed by atoms with E-state index in [2.05, 4.69) is 10.6 Å². The van der Waals surface area contributed by atoms with Gasteiger partial charge in [0.15, 0.2) is 18.2 Å². The van der Waals surface area contributed by atoms with Gasteiger partial charge in [0.05, 0.1) is 24.7 Å². The van der Waals surface area contributed by atoms with Gasteiger partial charge >= 0.3 is 0 Å². The number of nitrogens with two attached hydrogens (primary N) is 5. The number of ether oxygens (including phenoxy) is 4. The SMILES string of the molecule is NCCCN[C@H]1[C@@H](OC2[C@@H](N)C[C@@H](NC(=O)C3(O)CC3N)[C@H](O[C@H]3O[C@H](CO)[C@@H](O)[C@H](N)[C@H]3O)[C@H]2O)O[C@H](CN)[C@@H](O)[C@@H]1O. The largest absolute Gasteiger partial charge is 0.394 e. The minimum Gasteiger partial charge on any atom is -0.394 e. The molecule has 4 rings (SSSR count). The molecule has 19 N–H and O–H groups in total. The summed E-state index contributed by atoms with van der Waals surface area (Å²) in [6, 6.07) is -5.15. The van der Waals surface area contributed by atoms with Crippen LogP contribution < -0.4 is 39.3 Å². The molecule has 0 aromatic rings. The van der Waals surface area contributed by atoms with E-state index in [1.807, 2.05) is 0 Å². The Balaban J connectivity index is 1.58. The van der Waals surface area contributed by atoms with Crippen LogP contribution in [0.15, 0.2) is 0 Å². The van der Waals surface area contributed by atoms with Crippen molar-refractivity contribution in [3.05, 3.63) is 0 Å². The fourth-order valence-corrected chi connectivity index (χ4v) is 5.94. The number of aliphatic hydroxyl groups is 7. The van der Waals surface area contributed by atoms with E-state index in [1.165, 1.54) is 0 Å². The molecule has 19 nitrogen and oxygen atoms in total. The lowest BCUT2D eigenvalue weighted by molar-refractivity contribution is -0.321. The highest BCUT2D eigenvalue weighted by Crippen LogP contribution is 2.36. The second-order valence-electron chi connectivity index (χ2n) is 12.1. The zero-order valence-electron chi connectivity index (χ0n) is 24.2. The summed E-state index contributed by atoms with van der Waals surface area (Å²) in [5, 5.41) is 79.7. The second-order valence-corrected chi connectivity index (χ2v) is 12.1. The third-order valence-electron chi connectivity index (χ3n) is 8.93. The molecule has 2 saturated heterocycles. The molecule has 2 saturated carbocycles. The summed E-state index contributed by atoms with van der Waals surface area (Å²) in [5.74, 6) is -0.824. The Hall–Kier alpha value is -1.21. The standard InChI is InChI=1S/C25H49N7O12/c26-2-1-3-31-14-18(37)16(35)10(6-27)41-22(14)43-20-8(28)4-9(32-24(39)25(40)5-12(25)29)21(19(20)38)44-23-17(36)13(30)15(34)11(7-33)42-23/h8-23,31,33-38,40H,1-7,26-30H2,(H,32,39)/t8-,9+,10+,11+,12?,13-,14+,15+,16+,17+,18+,19-,20?,21-,22+,23+,25?/m0/s1. The summed E-state index contributed by atoms with van der Waals surface area (Å²) < 4.78 is 23.5. The maximum absolute atomic E-state index is 12.9. The minimum atomic E-state index is -1.82. The molecule has 0 bridgehead atoms. The summed E-state index contributed by atoms with van der Waals surface area (Å²) in [5.41, 5.74) is 27.6. The second kappa shape index (κ2) is 14.7. The number of rotatable bonds is 12. The van der Waals surface area contributed by atoms with Crippen LogP contribution in [-0.2, 0) is 23.7 Å². The lowest BCUT2D eigenvalue weighted by Gasteiger charge is -2.49. The minimum absolute atomic E-state index is 0.0147. The molecule has 4 aliphatic rings. The molecule has 3 unspecified atom stereocenters. The number of aliphatic hydroxyl groups excluding tert-OH is 6. The summed E-state index contributed by atoms with van der Waals surface area (Å²) in [4.78, 5) is 12.9. The van der Waals surface area contributed by atoms with Gasteiger partial charge in [0.2, 0.25) is 0 Å². The average molecular weight is 640 g/mol. The average Bonchev–Trinajstić information content (AvgIpc) is 3.62. The van der Waals surface area contributed by atoms with Crippen molar-refractivity contribution in [3.8, 4) is 0 Å². The molecule has 0 aromatic carbocycles. The van der Waals surface area contributed by atoms with E-state index in [9.17, 15) is 40.5 Å². The lowest BCUT2D eigenvalue weighted by Crippen LogP contribution is -2.70. The van der Waals surface area contributed by atoms with Gasteiger partial charge in [-0.05, 0) is 25.9 Å². The summed E-state index contributed by atoms with van der Waals surface area (Å²) >= 11 is 0. The fraction of sp³-hybridized carbons (Fsp3) is 0.960. The van der Waals surface area contributed by atoms with E-state index < -0.39 is 116 Å². The molecule has 44 heavy (non-hydrogen) atoms. The molecule has 2 aliphatic heterocycles. The molecule has 0 aromatic heterocycles. The summed E-state index contributed by atoms with van der Waals surface area (Å²) in [7, 11) is 0. The first kappa shape index (κ1) is 35.6. The Morgan fingerprint density at radius 2 is 1.52 bits per heavy atom. The van der Waals surface area contributed by atoms with E-state index in [0.717, 1.165) is 0 Å². The molecular weight excluding hydrogens is 590 g/mol. The van der Waals surface area contributed by atoms with Crippen molar-refractivity contribution in [2.24, 2.45) is 28.7 Å². The highest BCUT2D eigenvalue weighted by molar-refractivity contribution is 5.89. The zero-order chi connectivity index (χ0) is 32.5. The van der Waals surface area contributed by atoms with Crippen molar-refractivity contribution in [2.75, 3.05) is 26.2 Å². The zero-order valence-corrected chi connectivity index (χ0v) is 24.2. The van der Waals surface area contributed by atoms with Crippen molar-refractivity contribution in [3.63, 3.8) is 0 Å². The van der Waals surface area contributed by atoms with E-state index in [1.54, 1.807) is 0 Å². The molecule has 0 radical (unpaired) electrons. The smallest absolute Gasteiger partial charge is 0.253 e.